The minimum atomic E-state index is -1.09. The van der Waals surface area contributed by atoms with Gasteiger partial charge in [0.1, 0.15) is 6.10 Å². The maximum atomic E-state index is 9.73. The van der Waals surface area contributed by atoms with Gasteiger partial charge in [-0.2, -0.15) is 0 Å². The quantitative estimate of drug-likeness (QED) is 0.840. The predicted molar refractivity (Wildman–Crippen MR) is 63.6 cm³/mol. The number of aliphatic hydroxyl groups excluding tert-OH is 2. The van der Waals surface area contributed by atoms with E-state index < -0.39 is 12.2 Å². The van der Waals surface area contributed by atoms with Crippen LogP contribution in [0.4, 0.5) is 0 Å². The van der Waals surface area contributed by atoms with Crippen molar-refractivity contribution in [3.8, 4) is 0 Å². The summed E-state index contributed by atoms with van der Waals surface area (Å²) in [6, 6.07) is 1.48. The molecule has 0 saturated heterocycles. The first-order valence-electron chi connectivity index (χ1n) is 4.29. The summed E-state index contributed by atoms with van der Waals surface area (Å²) in [6.45, 7) is 0. The molecule has 0 aliphatic carbocycles. The molecule has 2 N–H and O–H groups in total. The van der Waals surface area contributed by atoms with E-state index in [-0.39, 0.29) is 10.7 Å². The molecule has 1 heterocycles. The standard InChI is InChI=1S/C9H10BrCl2NO2/c10-2-1-7(14)9(15)8-6(12)3-5(11)4-13-8/h3-4,7,9,14-15H,1-2H2. The second-order valence-corrected chi connectivity index (χ2v) is 4.65. The molecule has 0 fully saturated rings. The molecule has 2 unspecified atom stereocenters. The summed E-state index contributed by atoms with van der Waals surface area (Å²) in [4.78, 5) is 3.89. The predicted octanol–water partition coefficient (Wildman–Crippen LogP) is 2.57. The topological polar surface area (TPSA) is 53.4 Å². The number of hydrogen-bond acceptors (Lipinski definition) is 3. The van der Waals surface area contributed by atoms with Crippen LogP contribution in [0.5, 0.6) is 0 Å². The van der Waals surface area contributed by atoms with Crippen LogP contribution in [0.15, 0.2) is 12.3 Å². The molecule has 3 nitrogen and oxygen atoms in total. The Morgan fingerprint density at radius 2 is 2.07 bits per heavy atom. The third-order valence-corrected chi connectivity index (χ3v) is 2.85. The highest BCUT2D eigenvalue weighted by Crippen LogP contribution is 2.26. The van der Waals surface area contributed by atoms with Crippen molar-refractivity contribution in [3.05, 3.63) is 28.0 Å². The summed E-state index contributed by atoms with van der Waals surface area (Å²) in [7, 11) is 0. The summed E-state index contributed by atoms with van der Waals surface area (Å²) in [5.74, 6) is 0. The fourth-order valence-corrected chi connectivity index (χ4v) is 2.06. The summed E-state index contributed by atoms with van der Waals surface area (Å²) >= 11 is 14.7. The highest BCUT2D eigenvalue weighted by Gasteiger charge is 2.21. The molecule has 0 bridgehead atoms. The molecule has 84 valence electrons. The summed E-state index contributed by atoms with van der Waals surface area (Å²) in [5, 5.41) is 20.5. The SMILES string of the molecule is OC(CCBr)C(O)c1ncc(Cl)cc1Cl. The minimum absolute atomic E-state index is 0.245. The van der Waals surface area contributed by atoms with Crippen LogP contribution in [0.2, 0.25) is 10.0 Å². The molecule has 1 aromatic rings. The first kappa shape index (κ1) is 13.2. The van der Waals surface area contributed by atoms with Gasteiger partial charge in [0.25, 0.3) is 0 Å². The van der Waals surface area contributed by atoms with Crippen LogP contribution in [-0.4, -0.2) is 26.6 Å². The molecule has 15 heavy (non-hydrogen) atoms. The van der Waals surface area contributed by atoms with Crippen LogP contribution < -0.4 is 0 Å². The molecule has 1 rings (SSSR count). The van der Waals surface area contributed by atoms with Gasteiger partial charge in [0.2, 0.25) is 0 Å². The summed E-state index contributed by atoms with van der Waals surface area (Å²) in [5.41, 5.74) is 0.245. The average Bonchev–Trinajstić information content (AvgIpc) is 2.17. The molecule has 0 saturated carbocycles. The Balaban J connectivity index is 2.86. The van der Waals surface area contributed by atoms with E-state index in [1.54, 1.807) is 0 Å². The Morgan fingerprint density at radius 3 is 2.60 bits per heavy atom. The molecule has 2 atom stereocenters. The van der Waals surface area contributed by atoms with Crippen molar-refractivity contribution in [1.29, 1.82) is 0 Å². The van der Waals surface area contributed by atoms with Crippen molar-refractivity contribution in [2.45, 2.75) is 18.6 Å². The van der Waals surface area contributed by atoms with Crippen molar-refractivity contribution in [1.82, 2.24) is 4.98 Å². The second-order valence-electron chi connectivity index (χ2n) is 3.01. The van der Waals surface area contributed by atoms with Crippen LogP contribution in [0.1, 0.15) is 18.2 Å². The van der Waals surface area contributed by atoms with E-state index in [1.807, 2.05) is 0 Å². The number of aromatic nitrogens is 1. The maximum Gasteiger partial charge on any atom is 0.123 e. The minimum Gasteiger partial charge on any atom is -0.390 e. The number of pyridine rings is 1. The van der Waals surface area contributed by atoms with Crippen molar-refractivity contribution < 1.29 is 10.2 Å². The van der Waals surface area contributed by atoms with Gasteiger partial charge in [-0.25, -0.2) is 0 Å². The first-order chi connectivity index (χ1) is 7.06. The number of hydrogen-bond donors (Lipinski definition) is 2. The van der Waals surface area contributed by atoms with E-state index in [2.05, 4.69) is 20.9 Å². The maximum absolute atomic E-state index is 9.73. The molecule has 0 radical (unpaired) electrons. The van der Waals surface area contributed by atoms with E-state index in [0.717, 1.165) is 0 Å². The van der Waals surface area contributed by atoms with Gasteiger partial charge in [-0.1, -0.05) is 39.1 Å². The van der Waals surface area contributed by atoms with Gasteiger partial charge in [0, 0.05) is 11.5 Å². The van der Waals surface area contributed by atoms with Crippen molar-refractivity contribution in [2.24, 2.45) is 0 Å². The molecular weight excluding hydrogens is 305 g/mol. The highest BCUT2D eigenvalue weighted by molar-refractivity contribution is 9.09. The lowest BCUT2D eigenvalue weighted by atomic mass is 10.1. The normalized spacial score (nSPS) is 15.0. The molecule has 1 aromatic heterocycles. The molecular formula is C9H10BrCl2NO2. The molecule has 0 amide bonds. The lowest BCUT2D eigenvalue weighted by molar-refractivity contribution is 0.0149. The number of nitrogens with zero attached hydrogens (tertiary/aromatic N) is 1. The summed E-state index contributed by atoms with van der Waals surface area (Å²) < 4.78 is 0. The molecule has 0 aromatic carbocycles. The van der Waals surface area contributed by atoms with Crippen molar-refractivity contribution >= 4 is 39.1 Å². The Morgan fingerprint density at radius 1 is 1.40 bits per heavy atom. The number of alkyl halides is 1. The van der Waals surface area contributed by atoms with Gasteiger partial charge >= 0.3 is 0 Å². The van der Waals surface area contributed by atoms with E-state index in [0.29, 0.717) is 16.8 Å². The fourth-order valence-electron chi connectivity index (χ4n) is 1.09. The van der Waals surface area contributed by atoms with Crippen LogP contribution in [0.25, 0.3) is 0 Å². The van der Waals surface area contributed by atoms with Gasteiger partial charge < -0.3 is 10.2 Å². The number of aliphatic hydroxyl groups is 2. The van der Waals surface area contributed by atoms with E-state index in [4.69, 9.17) is 23.2 Å². The van der Waals surface area contributed by atoms with Gasteiger partial charge in [-0.3, -0.25) is 4.98 Å². The van der Waals surface area contributed by atoms with Crippen LogP contribution in [0.3, 0.4) is 0 Å². The number of halogens is 3. The Labute approximate surface area is 106 Å². The smallest absolute Gasteiger partial charge is 0.123 e. The van der Waals surface area contributed by atoms with E-state index in [1.165, 1.54) is 12.3 Å². The zero-order chi connectivity index (χ0) is 11.4. The van der Waals surface area contributed by atoms with Gasteiger partial charge in [0.15, 0.2) is 0 Å². The highest BCUT2D eigenvalue weighted by atomic mass is 79.9. The largest absolute Gasteiger partial charge is 0.390 e. The average molecular weight is 315 g/mol. The van der Waals surface area contributed by atoms with Crippen molar-refractivity contribution in [3.63, 3.8) is 0 Å². The molecule has 0 spiro atoms. The number of rotatable bonds is 4. The van der Waals surface area contributed by atoms with Gasteiger partial charge in [0.05, 0.1) is 21.8 Å². The van der Waals surface area contributed by atoms with Crippen molar-refractivity contribution in [2.75, 3.05) is 5.33 Å². The molecule has 6 heteroatoms. The Bertz CT molecular complexity index is 338. The van der Waals surface area contributed by atoms with Gasteiger partial charge in [-0.15, -0.1) is 0 Å². The first-order valence-corrected chi connectivity index (χ1v) is 6.17. The third kappa shape index (κ3) is 3.57. The zero-order valence-electron chi connectivity index (χ0n) is 7.70. The summed E-state index contributed by atoms with van der Waals surface area (Å²) in [6.07, 6.45) is -0.183. The van der Waals surface area contributed by atoms with Crippen LogP contribution in [0, 0.1) is 0 Å². The Kier molecular flexibility index (Phi) is 5.29. The monoisotopic (exact) mass is 313 g/mol. The second kappa shape index (κ2) is 6.01. The van der Waals surface area contributed by atoms with E-state index >= 15 is 0 Å². The lowest BCUT2D eigenvalue weighted by Crippen LogP contribution is -2.20. The zero-order valence-corrected chi connectivity index (χ0v) is 10.8. The Hall–Kier alpha value is 0.130. The van der Waals surface area contributed by atoms with Crippen LogP contribution >= 0.6 is 39.1 Å². The van der Waals surface area contributed by atoms with Gasteiger partial charge in [-0.05, 0) is 12.5 Å². The fraction of sp³-hybridized carbons (Fsp3) is 0.444. The molecule has 0 aliphatic rings. The van der Waals surface area contributed by atoms with Crippen LogP contribution in [-0.2, 0) is 0 Å². The molecule has 0 aliphatic heterocycles. The van der Waals surface area contributed by atoms with E-state index in [9.17, 15) is 10.2 Å². The third-order valence-electron chi connectivity index (χ3n) is 1.89. The lowest BCUT2D eigenvalue weighted by Gasteiger charge is -2.17.